The van der Waals surface area contributed by atoms with Gasteiger partial charge >= 0.3 is 0 Å². The van der Waals surface area contributed by atoms with E-state index < -0.39 is 5.41 Å². The third kappa shape index (κ3) is 2.84. The number of nitrogens with one attached hydrogen (secondary N) is 1. The van der Waals surface area contributed by atoms with Gasteiger partial charge in [0.15, 0.2) is 0 Å². The maximum absolute atomic E-state index is 13.5. The molecule has 0 spiro atoms. The monoisotopic (exact) mass is 425 g/mol. The van der Waals surface area contributed by atoms with Gasteiger partial charge in [-0.1, -0.05) is 34.5 Å². The Morgan fingerprint density at radius 1 is 1.14 bits per heavy atom. The number of rotatable bonds is 3. The Morgan fingerprint density at radius 3 is 2.50 bits per heavy atom. The molecule has 2 nitrogen and oxygen atoms in total. The number of carbonyl (C=O) groups is 1. The van der Waals surface area contributed by atoms with Gasteiger partial charge in [-0.2, -0.15) is 0 Å². The van der Waals surface area contributed by atoms with E-state index in [1.54, 1.807) is 6.07 Å². The highest BCUT2D eigenvalue weighted by Crippen LogP contribution is 2.45. The van der Waals surface area contributed by atoms with Gasteiger partial charge in [0.1, 0.15) is 5.82 Å². The Bertz CT molecular complexity index is 728. The molecule has 0 radical (unpaired) electrons. The fraction of sp³-hybridized carbons (Fsp3) is 0.235. The fourth-order valence-electron chi connectivity index (χ4n) is 2.80. The number of amides is 1. The van der Waals surface area contributed by atoms with Crippen LogP contribution in [0.4, 0.5) is 10.1 Å². The SMILES string of the molecule is O=C(Nc1ccc(Br)cc1Br)C1(c2cccc(F)c2)CCC1. The number of hydrogen-bond donors (Lipinski definition) is 1. The van der Waals surface area contributed by atoms with Gasteiger partial charge in [-0.05, 0) is 64.7 Å². The Labute approximate surface area is 145 Å². The molecule has 1 aliphatic rings. The molecule has 2 aromatic carbocycles. The van der Waals surface area contributed by atoms with Crippen LogP contribution in [0.15, 0.2) is 51.4 Å². The maximum Gasteiger partial charge on any atom is 0.235 e. The molecule has 0 aliphatic heterocycles. The molecule has 3 rings (SSSR count). The van der Waals surface area contributed by atoms with E-state index >= 15 is 0 Å². The zero-order valence-corrected chi connectivity index (χ0v) is 14.9. The molecule has 0 bridgehead atoms. The third-order valence-corrected chi connectivity index (χ3v) is 5.35. The average Bonchev–Trinajstić information content (AvgIpc) is 2.41. The molecule has 2 aromatic rings. The summed E-state index contributed by atoms with van der Waals surface area (Å²) in [5.74, 6) is -0.381. The first-order valence-electron chi connectivity index (χ1n) is 7.04. The Morgan fingerprint density at radius 2 is 1.91 bits per heavy atom. The van der Waals surface area contributed by atoms with Crippen LogP contribution in [0.25, 0.3) is 0 Å². The number of benzene rings is 2. The van der Waals surface area contributed by atoms with Crippen LogP contribution in [-0.4, -0.2) is 5.91 Å². The van der Waals surface area contributed by atoms with Gasteiger partial charge < -0.3 is 5.32 Å². The van der Waals surface area contributed by atoms with Crippen LogP contribution in [0.1, 0.15) is 24.8 Å². The van der Waals surface area contributed by atoms with Crippen LogP contribution in [0.5, 0.6) is 0 Å². The van der Waals surface area contributed by atoms with E-state index in [1.807, 2.05) is 24.3 Å². The van der Waals surface area contributed by atoms with Crippen molar-refractivity contribution in [1.82, 2.24) is 0 Å². The first kappa shape index (κ1) is 15.7. The highest BCUT2D eigenvalue weighted by Gasteiger charge is 2.45. The summed E-state index contributed by atoms with van der Waals surface area (Å²) in [5, 5.41) is 2.97. The largest absolute Gasteiger partial charge is 0.324 e. The van der Waals surface area contributed by atoms with E-state index in [9.17, 15) is 9.18 Å². The average molecular weight is 427 g/mol. The molecule has 22 heavy (non-hydrogen) atoms. The third-order valence-electron chi connectivity index (χ3n) is 4.20. The van der Waals surface area contributed by atoms with E-state index in [0.29, 0.717) is 0 Å². The first-order chi connectivity index (χ1) is 10.5. The number of carbonyl (C=O) groups excluding carboxylic acids is 1. The van der Waals surface area contributed by atoms with Crippen LogP contribution in [0, 0.1) is 5.82 Å². The molecule has 0 aromatic heterocycles. The molecule has 1 N–H and O–H groups in total. The summed E-state index contributed by atoms with van der Waals surface area (Å²) in [5.41, 5.74) is 0.856. The highest BCUT2D eigenvalue weighted by molar-refractivity contribution is 9.11. The smallest absolute Gasteiger partial charge is 0.235 e. The van der Waals surface area contributed by atoms with E-state index in [4.69, 9.17) is 0 Å². The van der Waals surface area contributed by atoms with Crippen molar-refractivity contribution < 1.29 is 9.18 Å². The minimum atomic E-state index is -0.616. The molecule has 0 heterocycles. The molecule has 0 saturated heterocycles. The van der Waals surface area contributed by atoms with Gasteiger partial charge in [-0.25, -0.2) is 4.39 Å². The minimum Gasteiger partial charge on any atom is -0.324 e. The van der Waals surface area contributed by atoms with Crippen LogP contribution < -0.4 is 5.32 Å². The summed E-state index contributed by atoms with van der Waals surface area (Å²) in [6.07, 6.45) is 2.47. The summed E-state index contributed by atoms with van der Waals surface area (Å²) in [7, 11) is 0. The quantitative estimate of drug-likeness (QED) is 0.698. The van der Waals surface area contributed by atoms with Gasteiger partial charge in [-0.15, -0.1) is 0 Å². The van der Waals surface area contributed by atoms with Crippen molar-refractivity contribution in [3.63, 3.8) is 0 Å². The molecule has 1 aliphatic carbocycles. The zero-order valence-electron chi connectivity index (χ0n) is 11.7. The molecular weight excluding hydrogens is 413 g/mol. The summed E-state index contributed by atoms with van der Waals surface area (Å²) >= 11 is 6.83. The molecule has 5 heteroatoms. The lowest BCUT2D eigenvalue weighted by Gasteiger charge is -2.40. The molecule has 1 amide bonds. The molecule has 0 atom stereocenters. The van der Waals surface area contributed by atoms with E-state index in [0.717, 1.165) is 39.5 Å². The zero-order chi connectivity index (χ0) is 15.7. The van der Waals surface area contributed by atoms with Crippen molar-refractivity contribution in [2.24, 2.45) is 0 Å². The summed E-state index contributed by atoms with van der Waals surface area (Å²) in [6.45, 7) is 0. The topological polar surface area (TPSA) is 29.1 Å². The van der Waals surface area contributed by atoms with Gasteiger partial charge in [0.25, 0.3) is 0 Å². The molecular formula is C17H14Br2FNO. The maximum atomic E-state index is 13.5. The van der Waals surface area contributed by atoms with Crippen molar-refractivity contribution in [1.29, 1.82) is 0 Å². The van der Waals surface area contributed by atoms with Gasteiger partial charge in [0.05, 0.1) is 11.1 Å². The summed E-state index contributed by atoms with van der Waals surface area (Å²) in [4.78, 5) is 12.8. The van der Waals surface area contributed by atoms with Crippen LogP contribution in [-0.2, 0) is 10.2 Å². The van der Waals surface area contributed by atoms with Crippen LogP contribution in [0.3, 0.4) is 0 Å². The molecule has 1 fully saturated rings. The minimum absolute atomic E-state index is 0.0765. The standard InChI is InChI=1S/C17H14Br2FNO/c18-12-5-6-15(14(19)10-12)21-16(22)17(7-2-8-17)11-3-1-4-13(20)9-11/h1,3-6,9-10H,2,7-8H2,(H,21,22). The summed E-state index contributed by atoms with van der Waals surface area (Å²) < 4.78 is 15.3. The van der Waals surface area contributed by atoms with Gasteiger partial charge in [-0.3, -0.25) is 4.79 Å². The fourth-order valence-corrected chi connectivity index (χ4v) is 3.94. The van der Waals surface area contributed by atoms with Crippen molar-refractivity contribution in [3.05, 3.63) is 62.8 Å². The van der Waals surface area contributed by atoms with Crippen molar-refractivity contribution in [3.8, 4) is 0 Å². The number of anilines is 1. The summed E-state index contributed by atoms with van der Waals surface area (Å²) in [6, 6.07) is 12.0. The highest BCUT2D eigenvalue weighted by atomic mass is 79.9. The lowest BCUT2D eigenvalue weighted by Crippen LogP contribution is -2.46. The predicted octanol–water partition coefficient (Wildman–Crippen LogP) is 5.41. The van der Waals surface area contributed by atoms with Crippen molar-refractivity contribution in [2.75, 3.05) is 5.32 Å². The Kier molecular flexibility index (Phi) is 4.37. The van der Waals surface area contributed by atoms with E-state index in [2.05, 4.69) is 37.2 Å². The van der Waals surface area contributed by atoms with E-state index in [-0.39, 0.29) is 11.7 Å². The normalized spacial score (nSPS) is 16.0. The Hall–Kier alpha value is -1.20. The molecule has 114 valence electrons. The van der Waals surface area contributed by atoms with Crippen LogP contribution in [0.2, 0.25) is 0 Å². The van der Waals surface area contributed by atoms with Crippen molar-refractivity contribution >= 4 is 43.5 Å². The molecule has 0 unspecified atom stereocenters. The second-order valence-corrected chi connectivity index (χ2v) is 7.29. The lowest BCUT2D eigenvalue weighted by molar-refractivity contribution is -0.124. The van der Waals surface area contributed by atoms with Crippen molar-refractivity contribution in [2.45, 2.75) is 24.7 Å². The van der Waals surface area contributed by atoms with Gasteiger partial charge in [0, 0.05) is 8.95 Å². The second-order valence-electron chi connectivity index (χ2n) is 5.52. The number of halogens is 3. The van der Waals surface area contributed by atoms with Gasteiger partial charge in [0.2, 0.25) is 5.91 Å². The second kappa shape index (κ2) is 6.13. The first-order valence-corrected chi connectivity index (χ1v) is 8.62. The van der Waals surface area contributed by atoms with E-state index in [1.165, 1.54) is 12.1 Å². The number of hydrogen-bond acceptors (Lipinski definition) is 1. The molecule has 1 saturated carbocycles. The van der Waals surface area contributed by atoms with Crippen LogP contribution >= 0.6 is 31.9 Å². The predicted molar refractivity (Wildman–Crippen MR) is 92.4 cm³/mol. The lowest BCUT2D eigenvalue weighted by atomic mass is 9.63. The Balaban J connectivity index is 1.89.